The topological polar surface area (TPSA) is 75.3 Å². The molecule has 0 saturated heterocycles. The van der Waals surface area contributed by atoms with Crippen molar-refractivity contribution in [3.63, 3.8) is 0 Å². The molecule has 0 bridgehead atoms. The number of carbonyl (C=O) groups is 1. The highest BCUT2D eigenvalue weighted by atomic mass is 32.2. The van der Waals surface area contributed by atoms with E-state index in [0.717, 1.165) is 16.9 Å². The van der Waals surface area contributed by atoms with Crippen LogP contribution in [0, 0.1) is 13.8 Å². The van der Waals surface area contributed by atoms with Crippen LogP contribution in [-0.2, 0) is 16.4 Å². The van der Waals surface area contributed by atoms with E-state index < -0.39 is 10.0 Å². The van der Waals surface area contributed by atoms with E-state index in [9.17, 15) is 13.2 Å². The molecule has 0 spiro atoms. The zero-order chi connectivity index (χ0) is 17.7. The number of rotatable bonds is 7. The van der Waals surface area contributed by atoms with E-state index in [1.54, 1.807) is 24.3 Å². The van der Waals surface area contributed by atoms with Crippen LogP contribution in [0.15, 0.2) is 35.2 Å². The fourth-order valence-electron chi connectivity index (χ4n) is 2.23. The van der Waals surface area contributed by atoms with Crippen LogP contribution in [0.3, 0.4) is 0 Å². The summed E-state index contributed by atoms with van der Waals surface area (Å²) < 4.78 is 26.7. The lowest BCUT2D eigenvalue weighted by Crippen LogP contribution is -2.34. The Hall–Kier alpha value is -1.70. The number of thiophene rings is 1. The van der Waals surface area contributed by atoms with Gasteiger partial charge in [-0.05, 0) is 44.0 Å². The van der Waals surface area contributed by atoms with Crippen molar-refractivity contribution >= 4 is 27.3 Å². The van der Waals surface area contributed by atoms with Gasteiger partial charge in [0.25, 0.3) is 5.91 Å². The molecule has 0 aliphatic heterocycles. The summed E-state index contributed by atoms with van der Waals surface area (Å²) in [5.41, 5.74) is 2.17. The molecule has 5 nitrogen and oxygen atoms in total. The minimum atomic E-state index is -3.54. The first kappa shape index (κ1) is 18.6. The summed E-state index contributed by atoms with van der Waals surface area (Å²) >= 11 is 1.46. The predicted octanol–water partition coefficient (Wildman–Crippen LogP) is 2.64. The lowest BCUT2D eigenvalue weighted by atomic mass is 10.2. The third kappa shape index (κ3) is 4.66. The molecule has 1 amide bonds. The van der Waals surface area contributed by atoms with Gasteiger partial charge < -0.3 is 5.32 Å². The molecule has 2 N–H and O–H groups in total. The quantitative estimate of drug-likeness (QED) is 0.740. The molecule has 1 aromatic carbocycles. The molecule has 0 fully saturated rings. The van der Waals surface area contributed by atoms with E-state index in [1.165, 1.54) is 16.9 Å². The van der Waals surface area contributed by atoms with E-state index in [1.807, 2.05) is 19.9 Å². The smallest absolute Gasteiger partial charge is 0.261 e. The Bertz CT molecular complexity index is 809. The van der Waals surface area contributed by atoms with Crippen LogP contribution in [0.25, 0.3) is 0 Å². The Balaban J connectivity index is 1.85. The molecule has 1 heterocycles. The molecule has 0 atom stereocenters. The number of benzene rings is 1. The first-order valence-electron chi connectivity index (χ1n) is 7.77. The van der Waals surface area contributed by atoms with Gasteiger partial charge in [0, 0.05) is 18.0 Å². The number of hydrogen-bond acceptors (Lipinski definition) is 4. The summed E-state index contributed by atoms with van der Waals surface area (Å²) in [5.74, 6) is -0.169. The maximum absolute atomic E-state index is 12.1. The first-order valence-corrected chi connectivity index (χ1v) is 10.1. The Morgan fingerprint density at radius 1 is 1.12 bits per heavy atom. The minimum absolute atomic E-state index is 0.146. The standard InChI is InChI=1S/C17H22N2O3S2/c1-4-14-11-16(23-13(14)3)17(20)18-9-10-19-24(21,22)15-7-5-12(2)6-8-15/h5-8,11,19H,4,9-10H2,1-3H3,(H,18,20). The molecule has 2 rings (SSSR count). The number of carbonyl (C=O) groups excluding carboxylic acids is 1. The van der Waals surface area contributed by atoms with E-state index in [2.05, 4.69) is 17.0 Å². The van der Waals surface area contributed by atoms with Crippen LogP contribution in [-0.4, -0.2) is 27.4 Å². The van der Waals surface area contributed by atoms with Gasteiger partial charge in [-0.15, -0.1) is 11.3 Å². The van der Waals surface area contributed by atoms with Gasteiger partial charge in [-0.3, -0.25) is 4.79 Å². The molecular formula is C17H22N2O3S2. The number of nitrogens with one attached hydrogen (secondary N) is 2. The van der Waals surface area contributed by atoms with E-state index in [-0.39, 0.29) is 23.9 Å². The predicted molar refractivity (Wildman–Crippen MR) is 97.1 cm³/mol. The summed E-state index contributed by atoms with van der Waals surface area (Å²) in [6.45, 7) is 6.33. The van der Waals surface area contributed by atoms with Gasteiger partial charge in [0.2, 0.25) is 10.0 Å². The van der Waals surface area contributed by atoms with Crippen molar-refractivity contribution in [2.24, 2.45) is 0 Å². The molecule has 0 aliphatic rings. The lowest BCUT2D eigenvalue weighted by Gasteiger charge is -2.08. The highest BCUT2D eigenvalue weighted by Gasteiger charge is 2.14. The SMILES string of the molecule is CCc1cc(C(=O)NCCNS(=O)(=O)c2ccc(C)cc2)sc1C. The van der Waals surface area contributed by atoms with Gasteiger partial charge >= 0.3 is 0 Å². The second kappa shape index (κ2) is 7.92. The molecule has 130 valence electrons. The van der Waals surface area contributed by atoms with Gasteiger partial charge in [-0.1, -0.05) is 24.6 Å². The van der Waals surface area contributed by atoms with Crippen LogP contribution in [0.2, 0.25) is 0 Å². The summed E-state index contributed by atoms with van der Waals surface area (Å²) in [5, 5.41) is 2.74. The maximum Gasteiger partial charge on any atom is 0.261 e. The summed E-state index contributed by atoms with van der Waals surface area (Å²) in [4.78, 5) is 14.1. The minimum Gasteiger partial charge on any atom is -0.350 e. The van der Waals surface area contributed by atoms with Crippen molar-refractivity contribution in [2.75, 3.05) is 13.1 Å². The molecule has 0 unspecified atom stereocenters. The van der Waals surface area contributed by atoms with Crippen LogP contribution in [0.5, 0.6) is 0 Å². The average Bonchev–Trinajstić information content (AvgIpc) is 2.93. The molecule has 0 radical (unpaired) electrons. The summed E-state index contributed by atoms with van der Waals surface area (Å²) in [6, 6.07) is 8.53. The Morgan fingerprint density at radius 3 is 2.38 bits per heavy atom. The first-order chi connectivity index (χ1) is 11.3. The third-order valence-electron chi connectivity index (χ3n) is 3.66. The van der Waals surface area contributed by atoms with Crippen molar-refractivity contribution in [1.29, 1.82) is 0 Å². The van der Waals surface area contributed by atoms with Gasteiger partial charge in [-0.2, -0.15) is 0 Å². The summed E-state index contributed by atoms with van der Waals surface area (Å²) in [6.07, 6.45) is 0.895. The van der Waals surface area contributed by atoms with Crippen molar-refractivity contribution < 1.29 is 13.2 Å². The van der Waals surface area contributed by atoms with Gasteiger partial charge in [0.1, 0.15) is 0 Å². The number of hydrogen-bond donors (Lipinski definition) is 2. The van der Waals surface area contributed by atoms with E-state index in [4.69, 9.17) is 0 Å². The second-order valence-electron chi connectivity index (χ2n) is 5.51. The van der Waals surface area contributed by atoms with Crippen molar-refractivity contribution in [3.05, 3.63) is 51.2 Å². The average molecular weight is 367 g/mol. The van der Waals surface area contributed by atoms with Gasteiger partial charge in [0.05, 0.1) is 9.77 Å². The van der Waals surface area contributed by atoms with Gasteiger partial charge in [0.15, 0.2) is 0 Å². The molecule has 24 heavy (non-hydrogen) atoms. The molecular weight excluding hydrogens is 344 g/mol. The van der Waals surface area contributed by atoms with Crippen LogP contribution in [0.4, 0.5) is 0 Å². The molecule has 7 heteroatoms. The normalized spacial score (nSPS) is 11.5. The largest absolute Gasteiger partial charge is 0.350 e. The second-order valence-corrected chi connectivity index (χ2v) is 8.54. The number of amides is 1. The fraction of sp³-hybridized carbons (Fsp3) is 0.353. The molecule has 0 aliphatic carbocycles. The monoisotopic (exact) mass is 366 g/mol. The summed E-state index contributed by atoms with van der Waals surface area (Å²) in [7, 11) is -3.54. The Morgan fingerprint density at radius 2 is 1.79 bits per heavy atom. The van der Waals surface area contributed by atoms with Gasteiger partial charge in [-0.25, -0.2) is 13.1 Å². The maximum atomic E-state index is 12.1. The number of sulfonamides is 1. The molecule has 1 aromatic heterocycles. The van der Waals surface area contributed by atoms with E-state index in [0.29, 0.717) is 4.88 Å². The van der Waals surface area contributed by atoms with Crippen molar-refractivity contribution in [2.45, 2.75) is 32.1 Å². The fourth-order valence-corrected chi connectivity index (χ4v) is 4.29. The van der Waals surface area contributed by atoms with Crippen LogP contribution >= 0.6 is 11.3 Å². The zero-order valence-electron chi connectivity index (χ0n) is 14.0. The van der Waals surface area contributed by atoms with Crippen LogP contribution in [0.1, 0.15) is 32.6 Å². The highest BCUT2D eigenvalue weighted by Crippen LogP contribution is 2.21. The van der Waals surface area contributed by atoms with Crippen LogP contribution < -0.4 is 10.0 Å². The Labute approximate surface area is 147 Å². The molecule has 0 saturated carbocycles. The Kier molecular flexibility index (Phi) is 6.15. The van der Waals surface area contributed by atoms with E-state index >= 15 is 0 Å². The van der Waals surface area contributed by atoms with Crippen molar-refractivity contribution in [1.82, 2.24) is 10.0 Å². The third-order valence-corrected chi connectivity index (χ3v) is 6.23. The zero-order valence-corrected chi connectivity index (χ0v) is 15.7. The van der Waals surface area contributed by atoms with Crippen molar-refractivity contribution in [3.8, 4) is 0 Å². The molecule has 2 aromatic rings. The highest BCUT2D eigenvalue weighted by molar-refractivity contribution is 7.89. The lowest BCUT2D eigenvalue weighted by molar-refractivity contribution is 0.0958. The number of aryl methyl sites for hydroxylation is 3.